The molecule has 0 heterocycles. The van der Waals surface area contributed by atoms with Crippen molar-refractivity contribution in [2.24, 2.45) is 0 Å². The molecule has 1 atom stereocenters. The molecule has 0 N–H and O–H groups in total. The van der Waals surface area contributed by atoms with Gasteiger partial charge in [-0.15, -0.1) is 0 Å². The highest BCUT2D eigenvalue weighted by atomic mass is 35.5. The van der Waals surface area contributed by atoms with Crippen LogP contribution in [0.1, 0.15) is 17.3 Å². The van der Waals surface area contributed by atoms with Crippen LogP contribution in [0, 0.1) is 0 Å². The first kappa shape index (κ1) is 12.0. The van der Waals surface area contributed by atoms with Gasteiger partial charge >= 0.3 is 0 Å². The van der Waals surface area contributed by atoms with E-state index in [-0.39, 0.29) is 5.78 Å². The standard InChI is InChI=1S/C11H13ClO3/c1-7(14-2)11(13)9-6-8(12)4-5-10(9)15-3/h4-7H,1-3H3. The summed E-state index contributed by atoms with van der Waals surface area (Å²) in [5.74, 6) is 0.366. The van der Waals surface area contributed by atoms with E-state index in [2.05, 4.69) is 0 Å². The molecule has 1 unspecified atom stereocenters. The molecule has 4 heteroatoms. The van der Waals surface area contributed by atoms with Crippen molar-refractivity contribution in [3.05, 3.63) is 28.8 Å². The molecule has 0 saturated heterocycles. The van der Waals surface area contributed by atoms with Gasteiger partial charge < -0.3 is 9.47 Å². The Morgan fingerprint density at radius 2 is 2.07 bits per heavy atom. The molecule has 0 aliphatic carbocycles. The van der Waals surface area contributed by atoms with E-state index in [1.165, 1.54) is 14.2 Å². The van der Waals surface area contributed by atoms with Crippen molar-refractivity contribution >= 4 is 17.4 Å². The third-order valence-corrected chi connectivity index (χ3v) is 2.38. The monoisotopic (exact) mass is 228 g/mol. The first-order valence-electron chi connectivity index (χ1n) is 4.50. The highest BCUT2D eigenvalue weighted by Gasteiger charge is 2.18. The summed E-state index contributed by atoms with van der Waals surface area (Å²) in [4.78, 5) is 11.8. The van der Waals surface area contributed by atoms with Gasteiger partial charge in [0.2, 0.25) is 0 Å². The van der Waals surface area contributed by atoms with Gasteiger partial charge in [0.1, 0.15) is 11.9 Å². The van der Waals surface area contributed by atoms with Gasteiger partial charge in [-0.25, -0.2) is 0 Å². The Kier molecular flexibility index (Phi) is 4.12. The van der Waals surface area contributed by atoms with Crippen LogP contribution in [0.2, 0.25) is 5.02 Å². The Bertz CT molecular complexity index is 363. The van der Waals surface area contributed by atoms with E-state index in [1.807, 2.05) is 0 Å². The van der Waals surface area contributed by atoms with E-state index in [4.69, 9.17) is 21.1 Å². The van der Waals surface area contributed by atoms with E-state index in [1.54, 1.807) is 25.1 Å². The van der Waals surface area contributed by atoms with Crippen molar-refractivity contribution in [3.63, 3.8) is 0 Å². The van der Waals surface area contributed by atoms with Crippen molar-refractivity contribution in [2.45, 2.75) is 13.0 Å². The molecule has 0 amide bonds. The number of hydrogen-bond donors (Lipinski definition) is 0. The number of halogens is 1. The normalized spacial score (nSPS) is 12.3. The molecule has 1 rings (SSSR count). The zero-order chi connectivity index (χ0) is 11.4. The molecule has 0 fully saturated rings. The van der Waals surface area contributed by atoms with Crippen molar-refractivity contribution in [2.75, 3.05) is 14.2 Å². The van der Waals surface area contributed by atoms with Crippen LogP contribution in [0.5, 0.6) is 5.75 Å². The number of ether oxygens (including phenoxy) is 2. The first-order chi connectivity index (χ1) is 7.10. The minimum Gasteiger partial charge on any atom is -0.496 e. The number of benzene rings is 1. The Morgan fingerprint density at radius 3 is 2.60 bits per heavy atom. The van der Waals surface area contributed by atoms with Crippen molar-refractivity contribution < 1.29 is 14.3 Å². The maximum Gasteiger partial charge on any atom is 0.195 e. The zero-order valence-electron chi connectivity index (χ0n) is 8.91. The lowest BCUT2D eigenvalue weighted by atomic mass is 10.1. The van der Waals surface area contributed by atoms with E-state index >= 15 is 0 Å². The molecule has 1 aromatic rings. The SMILES string of the molecule is COc1ccc(Cl)cc1C(=O)C(C)OC. The summed E-state index contributed by atoms with van der Waals surface area (Å²) in [6, 6.07) is 4.92. The number of carbonyl (C=O) groups is 1. The predicted molar refractivity (Wildman–Crippen MR) is 58.8 cm³/mol. The Hall–Kier alpha value is -1.06. The van der Waals surface area contributed by atoms with Crippen LogP contribution in [0.15, 0.2) is 18.2 Å². The third-order valence-electron chi connectivity index (χ3n) is 2.15. The van der Waals surface area contributed by atoms with Gasteiger partial charge in [0.25, 0.3) is 0 Å². The van der Waals surface area contributed by atoms with Gasteiger partial charge in [-0.05, 0) is 25.1 Å². The van der Waals surface area contributed by atoms with Crippen LogP contribution in [0.4, 0.5) is 0 Å². The molecular formula is C11H13ClO3. The van der Waals surface area contributed by atoms with E-state index in [0.29, 0.717) is 16.3 Å². The van der Waals surface area contributed by atoms with Gasteiger partial charge in [-0.3, -0.25) is 4.79 Å². The number of carbonyl (C=O) groups excluding carboxylic acids is 1. The van der Waals surface area contributed by atoms with E-state index < -0.39 is 6.10 Å². The predicted octanol–water partition coefficient (Wildman–Crippen LogP) is 2.57. The average Bonchev–Trinajstić information content (AvgIpc) is 2.27. The highest BCUT2D eigenvalue weighted by Crippen LogP contribution is 2.24. The molecule has 0 aliphatic rings. The third kappa shape index (κ3) is 2.70. The van der Waals surface area contributed by atoms with Crippen LogP contribution in [0.25, 0.3) is 0 Å². The Balaban J connectivity index is 3.11. The molecule has 1 aromatic carbocycles. The number of methoxy groups -OCH3 is 2. The summed E-state index contributed by atoms with van der Waals surface area (Å²) < 4.78 is 10.0. The maximum absolute atomic E-state index is 11.8. The molecule has 15 heavy (non-hydrogen) atoms. The minimum atomic E-state index is -0.502. The fourth-order valence-electron chi connectivity index (χ4n) is 1.20. The fourth-order valence-corrected chi connectivity index (χ4v) is 1.37. The van der Waals surface area contributed by atoms with Crippen LogP contribution in [-0.4, -0.2) is 26.1 Å². The Labute approximate surface area is 93.9 Å². The smallest absolute Gasteiger partial charge is 0.195 e. The minimum absolute atomic E-state index is 0.142. The van der Waals surface area contributed by atoms with E-state index in [0.717, 1.165) is 0 Å². The molecule has 0 radical (unpaired) electrons. The van der Waals surface area contributed by atoms with Crippen LogP contribution in [0.3, 0.4) is 0 Å². The van der Waals surface area contributed by atoms with E-state index in [9.17, 15) is 4.79 Å². The lowest BCUT2D eigenvalue weighted by molar-refractivity contribution is 0.0652. The summed E-state index contributed by atoms with van der Waals surface area (Å²) in [5, 5.41) is 0.502. The van der Waals surface area contributed by atoms with Crippen molar-refractivity contribution in [1.82, 2.24) is 0 Å². The largest absolute Gasteiger partial charge is 0.496 e. The number of ketones is 1. The molecule has 82 valence electrons. The van der Waals surface area contributed by atoms with Gasteiger partial charge in [0.15, 0.2) is 5.78 Å². The molecule has 0 bridgehead atoms. The first-order valence-corrected chi connectivity index (χ1v) is 4.88. The van der Waals surface area contributed by atoms with Crippen LogP contribution in [-0.2, 0) is 4.74 Å². The van der Waals surface area contributed by atoms with Gasteiger partial charge in [0, 0.05) is 12.1 Å². The molecule has 0 aliphatic heterocycles. The molecule has 0 spiro atoms. The highest BCUT2D eigenvalue weighted by molar-refractivity contribution is 6.31. The number of rotatable bonds is 4. The number of Topliss-reactive ketones (excluding diaryl/α,β-unsaturated/α-hetero) is 1. The van der Waals surface area contributed by atoms with Crippen LogP contribution < -0.4 is 4.74 Å². The topological polar surface area (TPSA) is 35.5 Å². The fraction of sp³-hybridized carbons (Fsp3) is 0.364. The summed E-state index contributed by atoms with van der Waals surface area (Å²) in [7, 11) is 3.00. The van der Waals surface area contributed by atoms with Crippen molar-refractivity contribution in [1.29, 1.82) is 0 Å². The second-order valence-electron chi connectivity index (χ2n) is 3.09. The molecule has 0 saturated carbocycles. The molecule has 3 nitrogen and oxygen atoms in total. The average molecular weight is 229 g/mol. The van der Waals surface area contributed by atoms with Gasteiger partial charge in [-0.1, -0.05) is 11.6 Å². The second-order valence-corrected chi connectivity index (χ2v) is 3.52. The summed E-state index contributed by atoms with van der Waals surface area (Å²) in [6.07, 6.45) is -0.502. The maximum atomic E-state index is 11.8. The number of hydrogen-bond acceptors (Lipinski definition) is 3. The van der Waals surface area contributed by atoms with Crippen LogP contribution >= 0.6 is 11.6 Å². The second kappa shape index (κ2) is 5.14. The zero-order valence-corrected chi connectivity index (χ0v) is 9.67. The van der Waals surface area contributed by atoms with Gasteiger partial charge in [0.05, 0.1) is 12.7 Å². The van der Waals surface area contributed by atoms with Crippen molar-refractivity contribution in [3.8, 4) is 5.75 Å². The molecule has 0 aromatic heterocycles. The summed E-state index contributed by atoms with van der Waals surface area (Å²) in [6.45, 7) is 1.68. The summed E-state index contributed by atoms with van der Waals surface area (Å²) >= 11 is 5.82. The lowest BCUT2D eigenvalue weighted by Crippen LogP contribution is -2.19. The Morgan fingerprint density at radius 1 is 1.40 bits per heavy atom. The lowest BCUT2D eigenvalue weighted by Gasteiger charge is -2.11. The molecular weight excluding hydrogens is 216 g/mol. The quantitative estimate of drug-likeness (QED) is 0.743. The van der Waals surface area contributed by atoms with Gasteiger partial charge in [-0.2, -0.15) is 0 Å². The summed E-state index contributed by atoms with van der Waals surface area (Å²) in [5.41, 5.74) is 0.444.